The van der Waals surface area contributed by atoms with Crippen molar-refractivity contribution in [3.63, 3.8) is 0 Å². The summed E-state index contributed by atoms with van der Waals surface area (Å²) < 4.78 is 38.6. The minimum absolute atomic E-state index is 0.0127. The van der Waals surface area contributed by atoms with Crippen molar-refractivity contribution in [2.24, 2.45) is 0 Å². The van der Waals surface area contributed by atoms with Gasteiger partial charge >= 0.3 is 6.18 Å². The number of rotatable bonds is 3. The largest absolute Gasteiger partial charge is 0.417 e. The second kappa shape index (κ2) is 5.16. The van der Waals surface area contributed by atoms with Gasteiger partial charge in [-0.25, -0.2) is 0 Å². The molecule has 88 valence electrons. The van der Waals surface area contributed by atoms with Crippen LogP contribution in [0.4, 0.5) is 13.2 Å². The van der Waals surface area contributed by atoms with Crippen LogP contribution < -0.4 is 0 Å². The number of halogens is 3. The van der Waals surface area contributed by atoms with E-state index in [4.69, 9.17) is 5.11 Å². The van der Waals surface area contributed by atoms with Crippen LogP contribution in [0.25, 0.3) is 5.57 Å². The molecule has 0 bridgehead atoms. The smallest absolute Gasteiger partial charge is 0.392 e. The van der Waals surface area contributed by atoms with Gasteiger partial charge in [0, 0.05) is 0 Å². The first-order valence-electron chi connectivity index (χ1n) is 4.96. The maximum absolute atomic E-state index is 12.9. The zero-order valence-corrected chi connectivity index (χ0v) is 8.88. The summed E-state index contributed by atoms with van der Waals surface area (Å²) in [6.45, 7) is 1.03. The van der Waals surface area contributed by atoms with E-state index in [-0.39, 0.29) is 17.6 Å². The highest BCUT2D eigenvalue weighted by molar-refractivity contribution is 5.72. The molecule has 0 radical (unpaired) electrons. The Labute approximate surface area is 92.2 Å². The molecular formula is C12H13F3O. The Kier molecular flexibility index (Phi) is 4.12. The second-order valence-electron chi connectivity index (χ2n) is 3.35. The van der Waals surface area contributed by atoms with Crippen LogP contribution in [0, 0.1) is 0 Å². The molecule has 4 heteroatoms. The molecule has 0 atom stereocenters. The number of allylic oxidation sites excluding steroid dienone is 1. The van der Waals surface area contributed by atoms with Crippen molar-refractivity contribution in [3.8, 4) is 0 Å². The molecule has 0 aromatic heterocycles. The molecule has 16 heavy (non-hydrogen) atoms. The van der Waals surface area contributed by atoms with Gasteiger partial charge in [-0.05, 0) is 17.6 Å². The standard InChI is InChI=1S/C12H13F3O/c1-2-9(8-16)11(12(13,14)15)10-6-4-3-5-7-10/h3-7,16H,2,8H2,1H3/b11-9-. The van der Waals surface area contributed by atoms with Crippen LogP contribution >= 0.6 is 0 Å². The summed E-state index contributed by atoms with van der Waals surface area (Å²) in [6.07, 6.45) is -4.25. The monoisotopic (exact) mass is 230 g/mol. The Balaban J connectivity index is 3.33. The second-order valence-corrected chi connectivity index (χ2v) is 3.35. The lowest BCUT2D eigenvalue weighted by Gasteiger charge is -2.16. The van der Waals surface area contributed by atoms with Crippen molar-refractivity contribution in [1.82, 2.24) is 0 Å². The molecule has 0 spiro atoms. The first kappa shape index (κ1) is 12.8. The molecule has 0 aliphatic heterocycles. The predicted molar refractivity (Wildman–Crippen MR) is 56.8 cm³/mol. The first-order chi connectivity index (χ1) is 7.50. The Morgan fingerprint density at radius 3 is 2.12 bits per heavy atom. The predicted octanol–water partition coefficient (Wildman–Crippen LogP) is 3.40. The van der Waals surface area contributed by atoms with E-state index in [1.807, 2.05) is 0 Å². The average molecular weight is 230 g/mol. The van der Waals surface area contributed by atoms with Gasteiger partial charge < -0.3 is 5.11 Å². The fourth-order valence-electron chi connectivity index (χ4n) is 1.54. The summed E-state index contributed by atoms with van der Waals surface area (Å²) in [5.74, 6) is 0. The Morgan fingerprint density at radius 1 is 1.19 bits per heavy atom. The summed E-state index contributed by atoms with van der Waals surface area (Å²) >= 11 is 0. The number of hydrogen-bond acceptors (Lipinski definition) is 1. The Hall–Kier alpha value is -1.29. The molecule has 1 nitrogen and oxygen atoms in total. The number of alkyl halides is 3. The lowest BCUT2D eigenvalue weighted by atomic mass is 9.98. The summed E-state index contributed by atoms with van der Waals surface area (Å²) in [4.78, 5) is 0. The van der Waals surface area contributed by atoms with E-state index >= 15 is 0 Å². The van der Waals surface area contributed by atoms with E-state index in [9.17, 15) is 13.2 Å². The third kappa shape index (κ3) is 2.85. The minimum atomic E-state index is -4.44. The van der Waals surface area contributed by atoms with Gasteiger partial charge in [-0.3, -0.25) is 0 Å². The zero-order chi connectivity index (χ0) is 12.2. The quantitative estimate of drug-likeness (QED) is 0.843. The van der Waals surface area contributed by atoms with E-state index in [1.54, 1.807) is 25.1 Å². The van der Waals surface area contributed by atoms with Crippen LogP contribution in [0.15, 0.2) is 35.9 Å². The molecule has 1 N–H and O–H groups in total. The maximum Gasteiger partial charge on any atom is 0.417 e. The van der Waals surface area contributed by atoms with E-state index in [0.717, 1.165) is 0 Å². The SMILES string of the molecule is CC/C(CO)=C(\c1ccccc1)C(F)(F)F. The van der Waals surface area contributed by atoms with E-state index in [1.165, 1.54) is 12.1 Å². The van der Waals surface area contributed by atoms with Gasteiger partial charge in [0.05, 0.1) is 12.2 Å². The number of benzene rings is 1. The van der Waals surface area contributed by atoms with Crippen LogP contribution in [0.2, 0.25) is 0 Å². The molecule has 0 unspecified atom stereocenters. The lowest BCUT2D eigenvalue weighted by molar-refractivity contribution is -0.0698. The van der Waals surface area contributed by atoms with Crippen molar-refractivity contribution < 1.29 is 18.3 Å². The highest BCUT2D eigenvalue weighted by Gasteiger charge is 2.36. The molecule has 1 aromatic rings. The highest BCUT2D eigenvalue weighted by Crippen LogP contribution is 2.36. The number of aliphatic hydroxyl groups is 1. The van der Waals surface area contributed by atoms with Crippen LogP contribution in [0.5, 0.6) is 0 Å². The minimum Gasteiger partial charge on any atom is -0.392 e. The normalized spacial score (nSPS) is 13.6. The molecule has 0 aliphatic carbocycles. The summed E-state index contributed by atoms with van der Waals surface area (Å²) in [7, 11) is 0. The topological polar surface area (TPSA) is 20.2 Å². The third-order valence-corrected chi connectivity index (χ3v) is 2.32. The lowest BCUT2D eigenvalue weighted by Crippen LogP contribution is -2.14. The number of hydrogen-bond donors (Lipinski definition) is 1. The van der Waals surface area contributed by atoms with Crippen molar-refractivity contribution in [2.45, 2.75) is 19.5 Å². The number of aliphatic hydroxyl groups excluding tert-OH is 1. The van der Waals surface area contributed by atoms with Crippen molar-refractivity contribution in [3.05, 3.63) is 41.5 Å². The summed E-state index contributed by atoms with van der Waals surface area (Å²) in [6, 6.07) is 7.54. The first-order valence-corrected chi connectivity index (χ1v) is 4.96. The maximum atomic E-state index is 12.9. The van der Waals surface area contributed by atoms with Gasteiger partial charge in [0.15, 0.2) is 0 Å². The molecule has 0 fully saturated rings. The van der Waals surface area contributed by atoms with Crippen LogP contribution in [-0.2, 0) is 0 Å². The van der Waals surface area contributed by atoms with Gasteiger partial charge in [0.2, 0.25) is 0 Å². The Morgan fingerprint density at radius 2 is 1.75 bits per heavy atom. The van der Waals surface area contributed by atoms with Crippen molar-refractivity contribution in [1.29, 1.82) is 0 Å². The molecule has 0 saturated carbocycles. The molecule has 0 saturated heterocycles. The highest BCUT2D eigenvalue weighted by atomic mass is 19.4. The van der Waals surface area contributed by atoms with Gasteiger partial charge in [0.25, 0.3) is 0 Å². The van der Waals surface area contributed by atoms with E-state index < -0.39 is 18.4 Å². The fourth-order valence-corrected chi connectivity index (χ4v) is 1.54. The molecule has 1 aromatic carbocycles. The van der Waals surface area contributed by atoms with Crippen LogP contribution in [-0.4, -0.2) is 17.9 Å². The fraction of sp³-hybridized carbons (Fsp3) is 0.333. The molecule has 0 aliphatic rings. The van der Waals surface area contributed by atoms with Gasteiger partial charge in [-0.2, -0.15) is 13.2 Å². The molecule has 0 heterocycles. The third-order valence-electron chi connectivity index (χ3n) is 2.32. The molecular weight excluding hydrogens is 217 g/mol. The van der Waals surface area contributed by atoms with Crippen molar-refractivity contribution >= 4 is 5.57 Å². The van der Waals surface area contributed by atoms with Crippen molar-refractivity contribution in [2.75, 3.05) is 6.61 Å². The van der Waals surface area contributed by atoms with Crippen LogP contribution in [0.3, 0.4) is 0 Å². The molecule has 0 amide bonds. The van der Waals surface area contributed by atoms with Crippen LogP contribution in [0.1, 0.15) is 18.9 Å². The van der Waals surface area contributed by atoms with Gasteiger partial charge in [-0.1, -0.05) is 37.3 Å². The summed E-state index contributed by atoms with van der Waals surface area (Å²) in [5.41, 5.74) is -0.613. The average Bonchev–Trinajstić information content (AvgIpc) is 2.25. The van der Waals surface area contributed by atoms with Gasteiger partial charge in [-0.15, -0.1) is 0 Å². The summed E-state index contributed by atoms with van der Waals surface area (Å²) in [5, 5.41) is 8.96. The molecule has 1 rings (SSSR count). The zero-order valence-electron chi connectivity index (χ0n) is 8.88. The van der Waals surface area contributed by atoms with E-state index in [0.29, 0.717) is 0 Å². The van der Waals surface area contributed by atoms with E-state index in [2.05, 4.69) is 0 Å². The Bertz CT molecular complexity index is 360. The van der Waals surface area contributed by atoms with Gasteiger partial charge in [0.1, 0.15) is 0 Å².